The summed E-state index contributed by atoms with van der Waals surface area (Å²) in [7, 11) is 0. The van der Waals surface area contributed by atoms with Crippen LogP contribution in [0.1, 0.15) is 57.8 Å². The molecule has 1 heterocycles. The van der Waals surface area contributed by atoms with Crippen molar-refractivity contribution in [3.63, 3.8) is 0 Å². The maximum Gasteiger partial charge on any atom is 0.220 e. The zero-order chi connectivity index (χ0) is 13.5. The van der Waals surface area contributed by atoms with E-state index in [9.17, 15) is 4.79 Å². The fourth-order valence-corrected chi connectivity index (χ4v) is 3.15. The SMILES string of the molecule is NC1CCC(CCC(=O)NCCC2CCCO2)CC1. The Balaban J connectivity index is 1.49. The van der Waals surface area contributed by atoms with E-state index < -0.39 is 0 Å². The molecule has 1 saturated heterocycles. The minimum atomic E-state index is 0.202. The summed E-state index contributed by atoms with van der Waals surface area (Å²) in [5.74, 6) is 0.914. The summed E-state index contributed by atoms with van der Waals surface area (Å²) in [5, 5.41) is 3.01. The lowest BCUT2D eigenvalue weighted by Crippen LogP contribution is -2.29. The van der Waals surface area contributed by atoms with Crippen molar-refractivity contribution in [3.8, 4) is 0 Å². The summed E-state index contributed by atoms with van der Waals surface area (Å²) >= 11 is 0. The first-order chi connectivity index (χ1) is 9.24. The Kier molecular flexibility index (Phi) is 6.11. The lowest BCUT2D eigenvalue weighted by Gasteiger charge is -2.25. The molecular formula is C15H28N2O2. The largest absolute Gasteiger partial charge is 0.378 e. The highest BCUT2D eigenvalue weighted by Crippen LogP contribution is 2.26. The van der Waals surface area contributed by atoms with Crippen LogP contribution in [0, 0.1) is 5.92 Å². The van der Waals surface area contributed by atoms with E-state index in [-0.39, 0.29) is 5.91 Å². The van der Waals surface area contributed by atoms with Crippen molar-refractivity contribution in [3.05, 3.63) is 0 Å². The molecule has 2 rings (SSSR count). The second-order valence-electron chi connectivity index (χ2n) is 6.09. The number of carbonyl (C=O) groups excluding carboxylic acids is 1. The third-order valence-electron chi connectivity index (χ3n) is 4.48. The summed E-state index contributed by atoms with van der Waals surface area (Å²) < 4.78 is 5.54. The van der Waals surface area contributed by atoms with E-state index in [1.807, 2.05) is 0 Å². The molecule has 0 aromatic carbocycles. The molecule has 3 N–H and O–H groups in total. The molecule has 1 aliphatic heterocycles. The minimum absolute atomic E-state index is 0.202. The molecule has 4 heteroatoms. The van der Waals surface area contributed by atoms with Crippen LogP contribution in [0.15, 0.2) is 0 Å². The first-order valence-corrected chi connectivity index (χ1v) is 7.88. The van der Waals surface area contributed by atoms with Crippen LogP contribution in [0.25, 0.3) is 0 Å². The van der Waals surface area contributed by atoms with Crippen molar-refractivity contribution in [2.24, 2.45) is 11.7 Å². The Hall–Kier alpha value is -0.610. The fraction of sp³-hybridized carbons (Fsp3) is 0.933. The van der Waals surface area contributed by atoms with Crippen molar-refractivity contribution in [1.29, 1.82) is 0 Å². The summed E-state index contributed by atoms with van der Waals surface area (Å²) in [4.78, 5) is 11.7. The van der Waals surface area contributed by atoms with Crippen LogP contribution in [0.2, 0.25) is 0 Å². The summed E-state index contributed by atoms with van der Waals surface area (Å²) in [6.45, 7) is 1.65. The molecule has 0 aromatic heterocycles. The maximum atomic E-state index is 11.7. The van der Waals surface area contributed by atoms with Gasteiger partial charge in [0.1, 0.15) is 0 Å². The van der Waals surface area contributed by atoms with Gasteiger partial charge in [0.25, 0.3) is 0 Å². The molecule has 0 spiro atoms. The third-order valence-corrected chi connectivity index (χ3v) is 4.48. The standard InChI is InChI=1S/C15H28N2O2/c16-13-6-3-12(4-7-13)5-8-15(18)17-10-9-14-2-1-11-19-14/h12-14H,1-11,16H2,(H,17,18). The zero-order valence-corrected chi connectivity index (χ0v) is 11.9. The van der Waals surface area contributed by atoms with Crippen molar-refractivity contribution < 1.29 is 9.53 Å². The van der Waals surface area contributed by atoms with E-state index in [0.717, 1.165) is 45.3 Å². The van der Waals surface area contributed by atoms with Gasteiger partial charge in [-0.25, -0.2) is 0 Å². The van der Waals surface area contributed by atoms with Gasteiger partial charge in [0.2, 0.25) is 5.91 Å². The summed E-state index contributed by atoms with van der Waals surface area (Å²) in [5.41, 5.74) is 5.89. The second-order valence-corrected chi connectivity index (χ2v) is 6.09. The zero-order valence-electron chi connectivity index (χ0n) is 11.9. The van der Waals surface area contributed by atoms with Crippen LogP contribution < -0.4 is 11.1 Å². The quantitative estimate of drug-likeness (QED) is 0.774. The Morgan fingerprint density at radius 3 is 2.63 bits per heavy atom. The molecule has 1 atom stereocenters. The fourth-order valence-electron chi connectivity index (χ4n) is 3.15. The molecule has 1 unspecified atom stereocenters. The predicted octanol–water partition coefficient (Wildman–Crippen LogP) is 1.97. The van der Waals surface area contributed by atoms with Crippen LogP contribution >= 0.6 is 0 Å². The molecule has 2 aliphatic rings. The van der Waals surface area contributed by atoms with Crippen molar-refractivity contribution in [2.45, 2.75) is 69.9 Å². The number of hydrogen-bond acceptors (Lipinski definition) is 3. The average molecular weight is 268 g/mol. The first kappa shape index (κ1) is 14.8. The lowest BCUT2D eigenvalue weighted by atomic mass is 9.84. The van der Waals surface area contributed by atoms with Crippen molar-refractivity contribution in [1.82, 2.24) is 5.32 Å². The molecule has 4 nitrogen and oxygen atoms in total. The molecule has 0 radical (unpaired) electrons. The van der Waals surface area contributed by atoms with Gasteiger partial charge in [-0.15, -0.1) is 0 Å². The van der Waals surface area contributed by atoms with E-state index in [1.165, 1.54) is 19.3 Å². The number of nitrogens with two attached hydrogens (primary N) is 1. The van der Waals surface area contributed by atoms with Crippen molar-refractivity contribution in [2.75, 3.05) is 13.2 Å². The monoisotopic (exact) mass is 268 g/mol. The number of rotatable bonds is 6. The van der Waals surface area contributed by atoms with Crippen molar-refractivity contribution >= 4 is 5.91 Å². The van der Waals surface area contributed by atoms with Gasteiger partial charge in [-0.1, -0.05) is 0 Å². The normalized spacial score (nSPS) is 31.3. The van der Waals surface area contributed by atoms with E-state index in [0.29, 0.717) is 24.5 Å². The molecule has 1 amide bonds. The Morgan fingerprint density at radius 1 is 1.16 bits per heavy atom. The van der Waals surface area contributed by atoms with Gasteiger partial charge in [0.05, 0.1) is 6.10 Å². The van der Waals surface area contributed by atoms with E-state index in [1.54, 1.807) is 0 Å². The van der Waals surface area contributed by atoms with Gasteiger partial charge < -0.3 is 15.8 Å². The number of hydrogen-bond donors (Lipinski definition) is 2. The second kappa shape index (κ2) is 7.85. The first-order valence-electron chi connectivity index (χ1n) is 7.88. The van der Waals surface area contributed by atoms with Gasteiger partial charge >= 0.3 is 0 Å². The number of carbonyl (C=O) groups is 1. The van der Waals surface area contributed by atoms with E-state index >= 15 is 0 Å². The van der Waals surface area contributed by atoms with Crippen LogP contribution in [0.5, 0.6) is 0 Å². The molecule has 110 valence electrons. The van der Waals surface area contributed by atoms with Gasteiger partial charge in [-0.05, 0) is 57.3 Å². The van der Waals surface area contributed by atoms with Gasteiger partial charge in [-0.3, -0.25) is 4.79 Å². The molecular weight excluding hydrogens is 240 g/mol. The van der Waals surface area contributed by atoms with E-state index in [4.69, 9.17) is 10.5 Å². The predicted molar refractivity (Wildman–Crippen MR) is 75.8 cm³/mol. The van der Waals surface area contributed by atoms with Crippen LogP contribution in [0.4, 0.5) is 0 Å². The minimum Gasteiger partial charge on any atom is -0.378 e. The topological polar surface area (TPSA) is 64.4 Å². The molecule has 0 aromatic rings. The highest BCUT2D eigenvalue weighted by Gasteiger charge is 2.19. The maximum absolute atomic E-state index is 11.7. The average Bonchev–Trinajstić information content (AvgIpc) is 2.91. The molecule has 2 fully saturated rings. The molecule has 1 aliphatic carbocycles. The van der Waals surface area contributed by atoms with E-state index in [2.05, 4.69) is 5.32 Å². The number of ether oxygens (including phenoxy) is 1. The van der Waals surface area contributed by atoms with Gasteiger partial charge in [0.15, 0.2) is 0 Å². The Labute approximate surface area is 116 Å². The highest BCUT2D eigenvalue weighted by atomic mass is 16.5. The lowest BCUT2D eigenvalue weighted by molar-refractivity contribution is -0.121. The Morgan fingerprint density at radius 2 is 1.95 bits per heavy atom. The summed E-state index contributed by atoms with van der Waals surface area (Å²) in [6.07, 6.45) is 10.0. The van der Waals surface area contributed by atoms with Gasteiger partial charge in [-0.2, -0.15) is 0 Å². The van der Waals surface area contributed by atoms with Crippen LogP contribution in [0.3, 0.4) is 0 Å². The van der Waals surface area contributed by atoms with Crippen LogP contribution in [-0.2, 0) is 9.53 Å². The van der Waals surface area contributed by atoms with Crippen LogP contribution in [-0.4, -0.2) is 31.2 Å². The smallest absolute Gasteiger partial charge is 0.220 e. The Bertz CT molecular complexity index is 269. The summed E-state index contributed by atoms with van der Waals surface area (Å²) in [6, 6.07) is 0.400. The molecule has 0 bridgehead atoms. The molecule has 1 saturated carbocycles. The highest BCUT2D eigenvalue weighted by molar-refractivity contribution is 5.75. The molecule has 19 heavy (non-hydrogen) atoms. The third kappa shape index (κ3) is 5.49. The number of nitrogens with one attached hydrogen (secondary N) is 1. The van der Waals surface area contributed by atoms with Gasteiger partial charge in [0, 0.05) is 25.6 Å². The number of amides is 1.